The predicted molar refractivity (Wildman–Crippen MR) is 92.0 cm³/mol. The van der Waals surface area contributed by atoms with E-state index in [2.05, 4.69) is 9.46 Å². The van der Waals surface area contributed by atoms with Gasteiger partial charge in [0.1, 0.15) is 5.75 Å². The number of hydrogen-bond donors (Lipinski definition) is 1. The Morgan fingerprint density at radius 3 is 2.30 bits per heavy atom. The molecule has 0 atom stereocenters. The smallest absolute Gasteiger partial charge is 0.406 e. The Morgan fingerprint density at radius 1 is 1.04 bits per heavy atom. The number of anilines is 2. The van der Waals surface area contributed by atoms with Crippen molar-refractivity contribution in [1.82, 2.24) is 0 Å². The minimum absolute atomic E-state index is 0.102. The Morgan fingerprint density at radius 2 is 1.70 bits per heavy atom. The highest BCUT2D eigenvalue weighted by molar-refractivity contribution is 7.92. The highest BCUT2D eigenvalue weighted by atomic mass is 32.2. The van der Waals surface area contributed by atoms with E-state index < -0.39 is 22.1 Å². The molecule has 0 aliphatic carbocycles. The number of nitrogens with zero attached hydrogens (tertiary/aromatic N) is 1. The minimum atomic E-state index is -4.86. The number of para-hydroxylation sites is 2. The molecule has 0 unspecified atom stereocenters. The first-order valence-electron chi connectivity index (χ1n) is 7.94. The molecule has 2 aromatic carbocycles. The number of nitrogens with one attached hydrogen (secondary N) is 1. The lowest BCUT2D eigenvalue weighted by Gasteiger charge is -2.20. The maximum atomic E-state index is 12.6. The first kappa shape index (κ1) is 19.0. The summed E-state index contributed by atoms with van der Waals surface area (Å²) in [6.07, 6.45) is -3.79. The summed E-state index contributed by atoms with van der Waals surface area (Å²) in [5.74, 6) is -0.625. The van der Waals surface area contributed by atoms with Crippen LogP contribution in [-0.2, 0) is 14.8 Å². The van der Waals surface area contributed by atoms with E-state index in [0.29, 0.717) is 25.1 Å². The zero-order valence-corrected chi connectivity index (χ0v) is 14.7. The third-order valence-electron chi connectivity index (χ3n) is 3.88. The topological polar surface area (TPSA) is 75.7 Å². The molecule has 2 aromatic rings. The van der Waals surface area contributed by atoms with Gasteiger partial charge in [-0.25, -0.2) is 8.42 Å². The van der Waals surface area contributed by atoms with Crippen LogP contribution in [0.25, 0.3) is 0 Å². The minimum Gasteiger partial charge on any atom is -0.406 e. The van der Waals surface area contributed by atoms with Gasteiger partial charge in [0.2, 0.25) is 5.91 Å². The van der Waals surface area contributed by atoms with Crippen LogP contribution in [0.4, 0.5) is 24.5 Å². The van der Waals surface area contributed by atoms with Crippen LogP contribution in [0.3, 0.4) is 0 Å². The lowest BCUT2D eigenvalue weighted by molar-refractivity contribution is -0.274. The number of carbonyl (C=O) groups is 1. The zero-order valence-electron chi connectivity index (χ0n) is 13.9. The standard InChI is InChI=1S/C17H15F3N2O4S/c18-17(19,20)26-12-7-9-13(10-8-12)27(24,25)21-14-4-1-2-5-15(14)22-11-3-6-16(22)23/h1-2,4-5,7-10,21H,3,6,11H2. The van der Waals surface area contributed by atoms with Crippen molar-refractivity contribution >= 4 is 27.3 Å². The molecule has 27 heavy (non-hydrogen) atoms. The average molecular weight is 400 g/mol. The third kappa shape index (κ3) is 4.51. The number of carbonyl (C=O) groups excluding carboxylic acids is 1. The van der Waals surface area contributed by atoms with Crippen LogP contribution in [0.15, 0.2) is 53.4 Å². The molecule has 0 radical (unpaired) electrons. The fourth-order valence-corrected chi connectivity index (χ4v) is 3.80. The lowest BCUT2D eigenvalue weighted by Crippen LogP contribution is -2.25. The highest BCUT2D eigenvalue weighted by Gasteiger charge is 2.31. The SMILES string of the molecule is O=C1CCCN1c1ccccc1NS(=O)(=O)c1ccc(OC(F)(F)F)cc1. The number of benzene rings is 2. The average Bonchev–Trinajstić information content (AvgIpc) is 3.00. The van der Waals surface area contributed by atoms with Crippen LogP contribution in [-0.4, -0.2) is 27.2 Å². The van der Waals surface area contributed by atoms with Gasteiger partial charge in [-0.05, 0) is 42.8 Å². The molecule has 144 valence electrons. The summed E-state index contributed by atoms with van der Waals surface area (Å²) < 4.78 is 67.9. The molecule has 1 aliphatic rings. The molecule has 3 rings (SSSR count). The van der Waals surface area contributed by atoms with Crippen LogP contribution in [0, 0.1) is 0 Å². The van der Waals surface area contributed by atoms with Gasteiger partial charge in [-0.3, -0.25) is 9.52 Å². The molecular weight excluding hydrogens is 385 g/mol. The second kappa shape index (κ2) is 7.10. The quantitative estimate of drug-likeness (QED) is 0.833. The zero-order chi connectivity index (χ0) is 19.7. The molecule has 1 amide bonds. The van der Waals surface area contributed by atoms with E-state index in [4.69, 9.17) is 0 Å². The van der Waals surface area contributed by atoms with E-state index in [1.165, 1.54) is 11.0 Å². The first-order valence-corrected chi connectivity index (χ1v) is 9.42. The van der Waals surface area contributed by atoms with Crippen molar-refractivity contribution in [3.05, 3.63) is 48.5 Å². The fraction of sp³-hybridized carbons (Fsp3) is 0.235. The molecule has 1 aliphatic heterocycles. The van der Waals surface area contributed by atoms with Crippen LogP contribution in [0.2, 0.25) is 0 Å². The van der Waals surface area contributed by atoms with Crippen molar-refractivity contribution in [2.24, 2.45) is 0 Å². The summed E-state index contributed by atoms with van der Waals surface area (Å²) in [6.45, 7) is 0.487. The van der Waals surface area contributed by atoms with Crippen molar-refractivity contribution in [2.45, 2.75) is 24.1 Å². The molecular formula is C17H15F3N2O4S. The van der Waals surface area contributed by atoms with Crippen molar-refractivity contribution in [3.63, 3.8) is 0 Å². The van der Waals surface area contributed by atoms with Gasteiger partial charge in [-0.15, -0.1) is 13.2 Å². The summed E-state index contributed by atoms with van der Waals surface area (Å²) >= 11 is 0. The number of amides is 1. The summed E-state index contributed by atoms with van der Waals surface area (Å²) in [7, 11) is -4.07. The number of hydrogen-bond acceptors (Lipinski definition) is 4. The number of rotatable bonds is 5. The van der Waals surface area contributed by atoms with Crippen LogP contribution in [0.5, 0.6) is 5.75 Å². The van der Waals surface area contributed by atoms with Gasteiger partial charge >= 0.3 is 6.36 Å². The summed E-state index contributed by atoms with van der Waals surface area (Å²) in [4.78, 5) is 13.2. The van der Waals surface area contributed by atoms with E-state index in [9.17, 15) is 26.4 Å². The van der Waals surface area contributed by atoms with E-state index in [-0.39, 0.29) is 16.5 Å². The Kier molecular flexibility index (Phi) is 5.01. The largest absolute Gasteiger partial charge is 0.573 e. The maximum absolute atomic E-state index is 12.6. The van der Waals surface area contributed by atoms with Crippen molar-refractivity contribution < 1.29 is 31.1 Å². The molecule has 1 N–H and O–H groups in total. The van der Waals surface area contributed by atoms with E-state index >= 15 is 0 Å². The maximum Gasteiger partial charge on any atom is 0.573 e. The molecule has 1 fully saturated rings. The van der Waals surface area contributed by atoms with Crippen LogP contribution in [0.1, 0.15) is 12.8 Å². The van der Waals surface area contributed by atoms with Crippen molar-refractivity contribution in [2.75, 3.05) is 16.2 Å². The second-order valence-electron chi connectivity index (χ2n) is 5.79. The van der Waals surface area contributed by atoms with Gasteiger partial charge in [-0.2, -0.15) is 0 Å². The van der Waals surface area contributed by atoms with E-state index in [1.54, 1.807) is 18.2 Å². The Hall–Kier alpha value is -2.75. The highest BCUT2D eigenvalue weighted by Crippen LogP contribution is 2.31. The predicted octanol–water partition coefficient (Wildman–Crippen LogP) is 3.51. The van der Waals surface area contributed by atoms with Gasteiger partial charge in [0.15, 0.2) is 0 Å². The van der Waals surface area contributed by atoms with Gasteiger partial charge < -0.3 is 9.64 Å². The summed E-state index contributed by atoms with van der Waals surface area (Å²) in [6, 6.07) is 10.3. The molecule has 0 saturated carbocycles. The monoisotopic (exact) mass is 400 g/mol. The lowest BCUT2D eigenvalue weighted by atomic mass is 10.2. The molecule has 1 saturated heterocycles. The van der Waals surface area contributed by atoms with E-state index in [0.717, 1.165) is 24.3 Å². The number of halogens is 3. The van der Waals surface area contributed by atoms with Crippen LogP contribution < -0.4 is 14.4 Å². The van der Waals surface area contributed by atoms with Crippen molar-refractivity contribution in [1.29, 1.82) is 0 Å². The van der Waals surface area contributed by atoms with Crippen molar-refractivity contribution in [3.8, 4) is 5.75 Å². The Balaban J connectivity index is 1.84. The fourth-order valence-electron chi connectivity index (χ4n) is 2.72. The second-order valence-corrected chi connectivity index (χ2v) is 7.47. The van der Waals surface area contributed by atoms with Crippen LogP contribution >= 0.6 is 0 Å². The molecule has 6 nitrogen and oxygen atoms in total. The number of alkyl halides is 3. The van der Waals surface area contributed by atoms with Gasteiger partial charge in [0.05, 0.1) is 16.3 Å². The molecule has 0 aromatic heterocycles. The molecule has 1 heterocycles. The van der Waals surface area contributed by atoms with Gasteiger partial charge in [0.25, 0.3) is 10.0 Å². The Bertz CT molecular complexity index is 943. The number of sulfonamides is 1. The molecule has 0 bridgehead atoms. The molecule has 0 spiro atoms. The molecule has 10 heteroatoms. The third-order valence-corrected chi connectivity index (χ3v) is 5.26. The Labute approximate surface area is 153 Å². The normalized spacial score (nSPS) is 15.1. The van der Waals surface area contributed by atoms with Gasteiger partial charge in [-0.1, -0.05) is 12.1 Å². The first-order chi connectivity index (χ1) is 12.7. The summed E-state index contributed by atoms with van der Waals surface area (Å²) in [5.41, 5.74) is 0.643. The number of ether oxygens (including phenoxy) is 1. The van der Waals surface area contributed by atoms with Gasteiger partial charge in [0, 0.05) is 13.0 Å². The summed E-state index contributed by atoms with van der Waals surface area (Å²) in [5, 5.41) is 0. The van der Waals surface area contributed by atoms with E-state index in [1.807, 2.05) is 0 Å².